The molecule has 0 amide bonds. The molecule has 16 heavy (non-hydrogen) atoms. The molecule has 0 unspecified atom stereocenters. The van der Waals surface area contributed by atoms with Crippen LogP contribution in [0.5, 0.6) is 0 Å². The van der Waals surface area contributed by atoms with Gasteiger partial charge in [0.05, 0.1) is 10.6 Å². The monoisotopic (exact) mass is 239 g/mol. The highest BCUT2D eigenvalue weighted by atomic mass is 32.2. The number of sulfone groups is 1. The third-order valence-electron chi connectivity index (χ3n) is 3.39. The minimum Gasteiger partial charge on any atom is -0.330 e. The summed E-state index contributed by atoms with van der Waals surface area (Å²) in [6.45, 7) is 0.608. The number of hydrogen-bond acceptors (Lipinski definition) is 3. The third kappa shape index (κ3) is 2.44. The van der Waals surface area contributed by atoms with Crippen LogP contribution >= 0.6 is 0 Å². The molecule has 4 heteroatoms. The van der Waals surface area contributed by atoms with Gasteiger partial charge in [-0.05, 0) is 43.4 Å². The highest BCUT2D eigenvalue weighted by Crippen LogP contribution is 2.48. The van der Waals surface area contributed by atoms with Gasteiger partial charge in [0, 0.05) is 0 Å². The number of nitrogens with two attached hydrogens (primary N) is 1. The predicted octanol–water partition coefficient (Wildman–Crippen LogP) is 1.59. The second kappa shape index (κ2) is 4.18. The van der Waals surface area contributed by atoms with E-state index in [2.05, 4.69) is 0 Å². The summed E-state index contributed by atoms with van der Waals surface area (Å²) < 4.78 is 24.0. The van der Waals surface area contributed by atoms with Crippen LogP contribution in [0.25, 0.3) is 0 Å². The van der Waals surface area contributed by atoms with Gasteiger partial charge in [-0.2, -0.15) is 0 Å². The van der Waals surface area contributed by atoms with E-state index in [4.69, 9.17) is 5.73 Å². The van der Waals surface area contributed by atoms with E-state index in [1.807, 2.05) is 6.07 Å². The molecule has 1 aromatic rings. The van der Waals surface area contributed by atoms with Gasteiger partial charge in [0.2, 0.25) is 0 Å². The van der Waals surface area contributed by atoms with Crippen LogP contribution in [-0.2, 0) is 9.84 Å². The van der Waals surface area contributed by atoms with Gasteiger partial charge in [0.15, 0.2) is 9.84 Å². The van der Waals surface area contributed by atoms with Crippen molar-refractivity contribution < 1.29 is 8.42 Å². The van der Waals surface area contributed by atoms with E-state index in [-0.39, 0.29) is 11.2 Å². The first-order valence-electron chi connectivity index (χ1n) is 5.56. The fourth-order valence-corrected chi connectivity index (χ4v) is 3.34. The summed E-state index contributed by atoms with van der Waals surface area (Å²) in [6.07, 6.45) is 2.85. The first kappa shape index (κ1) is 11.6. The summed E-state index contributed by atoms with van der Waals surface area (Å²) in [5.74, 6) is 0.216. The van der Waals surface area contributed by atoms with Crippen molar-refractivity contribution in [1.82, 2.24) is 0 Å². The number of benzene rings is 1. The normalized spacial score (nSPS) is 18.3. The van der Waals surface area contributed by atoms with E-state index in [9.17, 15) is 8.42 Å². The molecule has 2 rings (SSSR count). The lowest BCUT2D eigenvalue weighted by molar-refractivity contribution is 0.498. The van der Waals surface area contributed by atoms with E-state index in [1.165, 1.54) is 0 Å². The molecule has 1 aromatic carbocycles. The van der Waals surface area contributed by atoms with Gasteiger partial charge in [0.25, 0.3) is 0 Å². The van der Waals surface area contributed by atoms with Crippen LogP contribution in [0, 0.1) is 5.41 Å². The zero-order chi connectivity index (χ0) is 11.6. The quantitative estimate of drug-likeness (QED) is 0.848. The molecule has 0 heterocycles. The highest BCUT2D eigenvalue weighted by molar-refractivity contribution is 7.91. The zero-order valence-electron chi connectivity index (χ0n) is 9.22. The molecular weight excluding hydrogens is 222 g/mol. The van der Waals surface area contributed by atoms with E-state index in [0.717, 1.165) is 12.8 Å². The second-order valence-corrected chi connectivity index (χ2v) is 6.70. The molecule has 0 radical (unpaired) electrons. The lowest BCUT2D eigenvalue weighted by Crippen LogP contribution is -2.19. The Bertz CT molecular complexity index is 449. The van der Waals surface area contributed by atoms with Crippen LogP contribution in [0.2, 0.25) is 0 Å². The Morgan fingerprint density at radius 1 is 1.19 bits per heavy atom. The van der Waals surface area contributed by atoms with Crippen molar-refractivity contribution in [2.75, 3.05) is 12.3 Å². The Balaban J connectivity index is 2.04. The topological polar surface area (TPSA) is 60.2 Å². The van der Waals surface area contributed by atoms with Crippen molar-refractivity contribution in [3.8, 4) is 0 Å². The summed E-state index contributed by atoms with van der Waals surface area (Å²) >= 11 is 0. The Hall–Kier alpha value is -0.870. The maximum Gasteiger partial charge on any atom is 0.178 e. The fraction of sp³-hybridized carbons (Fsp3) is 0.500. The van der Waals surface area contributed by atoms with Crippen molar-refractivity contribution >= 4 is 9.84 Å². The maximum absolute atomic E-state index is 12.0. The Morgan fingerprint density at radius 2 is 1.81 bits per heavy atom. The summed E-state index contributed by atoms with van der Waals surface area (Å²) in [6, 6.07) is 8.63. The lowest BCUT2D eigenvalue weighted by atomic mass is 10.1. The molecule has 0 bridgehead atoms. The van der Waals surface area contributed by atoms with E-state index in [0.29, 0.717) is 17.9 Å². The molecule has 88 valence electrons. The van der Waals surface area contributed by atoms with Gasteiger partial charge in [-0.1, -0.05) is 18.2 Å². The van der Waals surface area contributed by atoms with Gasteiger partial charge < -0.3 is 5.73 Å². The van der Waals surface area contributed by atoms with E-state index in [1.54, 1.807) is 24.3 Å². The van der Waals surface area contributed by atoms with Crippen LogP contribution in [0.15, 0.2) is 35.2 Å². The molecule has 0 saturated heterocycles. The van der Waals surface area contributed by atoms with Crippen LogP contribution in [0.3, 0.4) is 0 Å². The van der Waals surface area contributed by atoms with Crippen molar-refractivity contribution in [1.29, 1.82) is 0 Å². The maximum atomic E-state index is 12.0. The molecule has 3 nitrogen and oxygen atoms in total. The van der Waals surface area contributed by atoms with Gasteiger partial charge in [0.1, 0.15) is 0 Å². The van der Waals surface area contributed by atoms with Crippen molar-refractivity contribution in [2.24, 2.45) is 11.1 Å². The first-order valence-corrected chi connectivity index (χ1v) is 7.21. The molecule has 1 aliphatic carbocycles. The second-order valence-electron chi connectivity index (χ2n) is 4.59. The summed E-state index contributed by atoms with van der Waals surface area (Å²) in [7, 11) is -3.12. The van der Waals surface area contributed by atoms with Crippen LogP contribution < -0.4 is 5.73 Å². The highest BCUT2D eigenvalue weighted by Gasteiger charge is 2.41. The average Bonchev–Trinajstić information content (AvgIpc) is 3.09. The fourth-order valence-electron chi connectivity index (χ4n) is 1.83. The standard InChI is InChI=1S/C12H17NO2S/c13-10-12(6-7-12)8-9-16(14,15)11-4-2-1-3-5-11/h1-5H,6-10,13H2. The van der Waals surface area contributed by atoms with Gasteiger partial charge in [-0.25, -0.2) is 8.42 Å². The van der Waals surface area contributed by atoms with Crippen LogP contribution in [0.1, 0.15) is 19.3 Å². The largest absolute Gasteiger partial charge is 0.330 e. The molecule has 0 atom stereocenters. The van der Waals surface area contributed by atoms with Crippen molar-refractivity contribution in [2.45, 2.75) is 24.2 Å². The molecular formula is C12H17NO2S. The van der Waals surface area contributed by atoms with Gasteiger partial charge in [-0.15, -0.1) is 0 Å². The molecule has 0 aromatic heterocycles. The summed E-state index contributed by atoms with van der Waals surface area (Å²) in [5, 5.41) is 0. The molecule has 0 spiro atoms. The lowest BCUT2D eigenvalue weighted by Gasteiger charge is -2.11. The van der Waals surface area contributed by atoms with Crippen LogP contribution in [-0.4, -0.2) is 20.7 Å². The Labute approximate surface area is 96.6 Å². The zero-order valence-corrected chi connectivity index (χ0v) is 10.0. The van der Waals surface area contributed by atoms with Gasteiger partial charge in [-0.3, -0.25) is 0 Å². The van der Waals surface area contributed by atoms with Crippen molar-refractivity contribution in [3.05, 3.63) is 30.3 Å². The molecule has 0 aliphatic heterocycles. The van der Waals surface area contributed by atoms with Crippen molar-refractivity contribution in [3.63, 3.8) is 0 Å². The molecule has 1 aliphatic rings. The van der Waals surface area contributed by atoms with Crippen LogP contribution in [0.4, 0.5) is 0 Å². The third-order valence-corrected chi connectivity index (χ3v) is 5.13. The molecule has 2 N–H and O–H groups in total. The SMILES string of the molecule is NCC1(CCS(=O)(=O)c2ccccc2)CC1. The minimum atomic E-state index is -3.12. The minimum absolute atomic E-state index is 0.127. The average molecular weight is 239 g/mol. The number of hydrogen-bond donors (Lipinski definition) is 1. The van der Waals surface area contributed by atoms with E-state index >= 15 is 0 Å². The van der Waals surface area contributed by atoms with Gasteiger partial charge >= 0.3 is 0 Å². The predicted molar refractivity (Wildman–Crippen MR) is 63.8 cm³/mol. The summed E-state index contributed by atoms with van der Waals surface area (Å²) in [5.41, 5.74) is 5.77. The Kier molecular flexibility index (Phi) is 3.04. The Morgan fingerprint density at radius 3 is 2.31 bits per heavy atom. The molecule has 1 fully saturated rings. The summed E-state index contributed by atoms with van der Waals surface area (Å²) in [4.78, 5) is 0.419. The molecule has 1 saturated carbocycles. The smallest absolute Gasteiger partial charge is 0.178 e. The number of rotatable bonds is 5. The van der Waals surface area contributed by atoms with E-state index < -0.39 is 9.84 Å². The first-order chi connectivity index (χ1) is 7.58.